The molecule has 1 aromatic carbocycles. The molecule has 1 aromatic rings. The molecule has 0 saturated heterocycles. The largest absolute Gasteiger partial charge is 0.858 e. The van der Waals surface area contributed by atoms with Gasteiger partial charge < -0.3 is 24.8 Å². The second-order valence-corrected chi connectivity index (χ2v) is 5.75. The van der Waals surface area contributed by atoms with Crippen molar-refractivity contribution >= 4 is 15.9 Å². The van der Waals surface area contributed by atoms with Gasteiger partial charge in [0.05, 0.1) is 13.2 Å². The van der Waals surface area contributed by atoms with Crippen molar-refractivity contribution in [2.24, 2.45) is 4.40 Å². The molecule has 0 amide bonds. The van der Waals surface area contributed by atoms with Gasteiger partial charge in [-0.3, -0.25) is 0 Å². The first-order valence-corrected chi connectivity index (χ1v) is 7.75. The number of hydrogen-bond donors (Lipinski definition) is 2. The Labute approximate surface area is 134 Å². The first kappa shape index (κ1) is 20.0. The summed E-state index contributed by atoms with van der Waals surface area (Å²) in [5.74, 6) is -1.81. The van der Waals surface area contributed by atoms with E-state index in [0.717, 1.165) is 12.1 Å². The summed E-state index contributed by atoms with van der Waals surface area (Å²) < 4.78 is 70.8. The van der Waals surface area contributed by atoms with Gasteiger partial charge in [-0.2, -0.15) is 26.0 Å². The van der Waals surface area contributed by atoms with Crippen LogP contribution in [0.15, 0.2) is 22.6 Å². The SMILES string of the molecule is O=S(=O)(/N=C(\[O-])c1cc(OCCO)cc(OCCO)c1)C(F)(F)F. The number of halogens is 3. The number of ether oxygens (including phenoxy) is 2. The van der Waals surface area contributed by atoms with E-state index in [0.29, 0.717) is 0 Å². The number of alkyl halides is 3. The minimum atomic E-state index is -5.99. The Morgan fingerprint density at radius 2 is 1.54 bits per heavy atom. The molecule has 2 N–H and O–H groups in total. The maximum absolute atomic E-state index is 12.3. The van der Waals surface area contributed by atoms with E-state index in [4.69, 9.17) is 19.7 Å². The minimum Gasteiger partial charge on any atom is -0.858 e. The molecule has 1 rings (SSSR count). The third kappa shape index (κ3) is 5.54. The number of nitrogens with zero attached hydrogens (tertiary/aromatic N) is 1. The minimum absolute atomic E-state index is 0.0672. The quantitative estimate of drug-likeness (QED) is 0.460. The fraction of sp³-hybridized carbons (Fsp3) is 0.417. The normalized spacial score (nSPS) is 13.0. The fourth-order valence-corrected chi connectivity index (χ4v) is 1.83. The van der Waals surface area contributed by atoms with Gasteiger partial charge in [-0.05, 0) is 17.7 Å². The number of sulfonamides is 1. The molecule has 0 unspecified atom stereocenters. The highest BCUT2D eigenvalue weighted by Gasteiger charge is 2.45. The second kappa shape index (κ2) is 8.17. The highest BCUT2D eigenvalue weighted by Crippen LogP contribution is 2.27. The average Bonchev–Trinajstić information content (AvgIpc) is 2.49. The molecule has 0 bridgehead atoms. The summed E-state index contributed by atoms with van der Waals surface area (Å²) >= 11 is 0. The van der Waals surface area contributed by atoms with Crippen molar-refractivity contribution in [1.29, 1.82) is 0 Å². The summed E-state index contributed by atoms with van der Waals surface area (Å²) in [6.45, 7) is -1.13. The molecule has 8 nitrogen and oxygen atoms in total. The molecule has 136 valence electrons. The van der Waals surface area contributed by atoms with Crippen molar-refractivity contribution in [3.8, 4) is 11.5 Å². The van der Waals surface area contributed by atoms with Crippen molar-refractivity contribution in [2.45, 2.75) is 5.51 Å². The van der Waals surface area contributed by atoms with Gasteiger partial charge in [0.15, 0.2) is 0 Å². The molecular formula is C12H13F3NO7S-. The molecule has 0 fully saturated rings. The van der Waals surface area contributed by atoms with Gasteiger partial charge >= 0.3 is 15.5 Å². The van der Waals surface area contributed by atoms with E-state index in [2.05, 4.69) is 4.40 Å². The van der Waals surface area contributed by atoms with Crippen LogP contribution in [0.4, 0.5) is 13.2 Å². The summed E-state index contributed by atoms with van der Waals surface area (Å²) in [4.78, 5) is 0. The molecule has 0 heterocycles. The summed E-state index contributed by atoms with van der Waals surface area (Å²) in [7, 11) is -5.99. The molecule has 24 heavy (non-hydrogen) atoms. The number of aliphatic hydroxyl groups is 2. The lowest BCUT2D eigenvalue weighted by Gasteiger charge is -2.15. The Morgan fingerprint density at radius 1 is 1.08 bits per heavy atom. The van der Waals surface area contributed by atoms with E-state index in [1.807, 2.05) is 0 Å². The average molecular weight is 372 g/mol. The Kier molecular flexibility index (Phi) is 6.81. The number of rotatable bonds is 8. The molecule has 0 atom stereocenters. The monoisotopic (exact) mass is 372 g/mol. The van der Waals surface area contributed by atoms with Crippen LogP contribution in [-0.4, -0.2) is 56.5 Å². The smallest absolute Gasteiger partial charge is 0.518 e. The third-order valence-electron chi connectivity index (χ3n) is 2.34. The molecule has 0 aromatic heterocycles. The van der Waals surface area contributed by atoms with Crippen LogP contribution in [-0.2, 0) is 10.0 Å². The van der Waals surface area contributed by atoms with Crippen LogP contribution in [0.2, 0.25) is 0 Å². The van der Waals surface area contributed by atoms with E-state index in [-0.39, 0.29) is 37.9 Å². The van der Waals surface area contributed by atoms with Gasteiger partial charge in [-0.15, -0.1) is 0 Å². The van der Waals surface area contributed by atoms with Gasteiger partial charge in [-0.1, -0.05) is 0 Å². The summed E-state index contributed by atoms with van der Waals surface area (Å²) in [6.07, 6.45) is 0. The van der Waals surface area contributed by atoms with E-state index in [9.17, 15) is 26.7 Å². The zero-order valence-electron chi connectivity index (χ0n) is 12.0. The molecule has 0 aliphatic carbocycles. The van der Waals surface area contributed by atoms with Crippen molar-refractivity contribution in [3.63, 3.8) is 0 Å². The van der Waals surface area contributed by atoms with Crippen LogP contribution >= 0.6 is 0 Å². The van der Waals surface area contributed by atoms with Crippen LogP contribution in [0.5, 0.6) is 11.5 Å². The van der Waals surface area contributed by atoms with Crippen molar-refractivity contribution in [3.05, 3.63) is 23.8 Å². The van der Waals surface area contributed by atoms with Crippen LogP contribution in [0.25, 0.3) is 0 Å². The van der Waals surface area contributed by atoms with Crippen LogP contribution in [0.3, 0.4) is 0 Å². The van der Waals surface area contributed by atoms with Crippen LogP contribution in [0.1, 0.15) is 5.56 Å². The number of benzene rings is 1. The lowest BCUT2D eigenvalue weighted by Crippen LogP contribution is -2.27. The summed E-state index contributed by atoms with van der Waals surface area (Å²) in [6, 6.07) is 3.12. The van der Waals surface area contributed by atoms with Gasteiger partial charge in [0.2, 0.25) is 0 Å². The first-order valence-electron chi connectivity index (χ1n) is 6.31. The molecule has 0 aliphatic rings. The first-order chi connectivity index (χ1) is 11.1. The Morgan fingerprint density at radius 3 is 1.92 bits per heavy atom. The van der Waals surface area contributed by atoms with E-state index >= 15 is 0 Å². The molecule has 0 spiro atoms. The summed E-state index contributed by atoms with van der Waals surface area (Å²) in [5.41, 5.74) is -6.24. The molecule has 0 aliphatic heterocycles. The van der Waals surface area contributed by atoms with Crippen molar-refractivity contribution in [1.82, 2.24) is 0 Å². The van der Waals surface area contributed by atoms with Crippen molar-refractivity contribution < 1.29 is 46.4 Å². The maximum atomic E-state index is 12.3. The predicted octanol–water partition coefficient (Wildman–Crippen LogP) is -0.615. The van der Waals surface area contributed by atoms with Crippen molar-refractivity contribution in [2.75, 3.05) is 26.4 Å². The van der Waals surface area contributed by atoms with E-state index < -0.39 is 27.0 Å². The van der Waals surface area contributed by atoms with Gasteiger partial charge in [0.1, 0.15) is 24.7 Å². The topological polar surface area (TPSA) is 128 Å². The number of aliphatic hydroxyl groups excluding tert-OH is 2. The Hall–Kier alpha value is -2.05. The fourth-order valence-electron chi connectivity index (χ4n) is 1.40. The molecule has 0 radical (unpaired) electrons. The standard InChI is InChI=1S/C12H14F3NO7S/c13-12(14,15)24(20,21)16-11(19)8-5-9(22-3-1-17)7-10(6-8)23-4-2-18/h5-7,17-18H,1-4H2,(H,16,19)/p-1. The maximum Gasteiger partial charge on any atom is 0.518 e. The lowest BCUT2D eigenvalue weighted by molar-refractivity contribution is -0.212. The molecule has 12 heteroatoms. The molecular weight excluding hydrogens is 359 g/mol. The number of hydrogen-bond acceptors (Lipinski definition) is 7. The molecule has 0 saturated carbocycles. The Bertz CT molecular complexity index is 662. The van der Waals surface area contributed by atoms with E-state index in [1.165, 1.54) is 6.07 Å². The highest BCUT2D eigenvalue weighted by molar-refractivity contribution is 7.91. The third-order valence-corrected chi connectivity index (χ3v) is 3.33. The van der Waals surface area contributed by atoms with Gasteiger partial charge in [0.25, 0.3) is 0 Å². The Balaban J connectivity index is 3.24. The zero-order chi connectivity index (χ0) is 18.4. The second-order valence-electron chi connectivity index (χ2n) is 4.15. The van der Waals surface area contributed by atoms with Crippen LogP contribution < -0.4 is 14.6 Å². The lowest BCUT2D eigenvalue weighted by atomic mass is 10.2. The highest BCUT2D eigenvalue weighted by atomic mass is 32.2. The van der Waals surface area contributed by atoms with Crippen LogP contribution in [0, 0.1) is 0 Å². The summed E-state index contributed by atoms with van der Waals surface area (Å²) in [5, 5.41) is 29.1. The predicted molar refractivity (Wildman–Crippen MR) is 73.1 cm³/mol. The zero-order valence-corrected chi connectivity index (χ0v) is 12.8. The van der Waals surface area contributed by atoms with Gasteiger partial charge in [0, 0.05) is 12.0 Å². The van der Waals surface area contributed by atoms with E-state index in [1.54, 1.807) is 0 Å². The van der Waals surface area contributed by atoms with Gasteiger partial charge in [-0.25, -0.2) is 0 Å².